The molecular weight excluding hydrogens is 342 g/mol. The van der Waals surface area contributed by atoms with Gasteiger partial charge in [0, 0.05) is 21.2 Å². The minimum absolute atomic E-state index is 0.567. The van der Waals surface area contributed by atoms with Crippen LogP contribution in [0.25, 0.3) is 0 Å². The second-order valence-corrected chi connectivity index (χ2v) is 7.60. The smallest absolute Gasteiger partial charge is 0.0176 e. The SMILES string of the molecule is CNC(CSc1ccc(Br)cc1)CC1Cc2ccccc21. The molecule has 3 rings (SSSR count). The van der Waals surface area contributed by atoms with Gasteiger partial charge in [-0.15, -0.1) is 11.8 Å². The molecule has 0 spiro atoms. The predicted octanol–water partition coefficient (Wildman–Crippen LogP) is 4.86. The number of benzene rings is 2. The van der Waals surface area contributed by atoms with Crippen LogP contribution in [0.5, 0.6) is 0 Å². The lowest BCUT2D eigenvalue weighted by molar-refractivity contribution is 0.468. The first-order valence-corrected chi connectivity index (χ1v) is 9.17. The summed E-state index contributed by atoms with van der Waals surface area (Å²) >= 11 is 5.42. The minimum atomic E-state index is 0.567. The van der Waals surface area contributed by atoms with E-state index in [1.54, 1.807) is 5.56 Å². The molecule has 0 aromatic heterocycles. The topological polar surface area (TPSA) is 12.0 Å². The Morgan fingerprint density at radius 3 is 2.67 bits per heavy atom. The van der Waals surface area contributed by atoms with Crippen LogP contribution < -0.4 is 5.32 Å². The molecule has 1 aliphatic rings. The summed E-state index contributed by atoms with van der Waals surface area (Å²) in [5.74, 6) is 1.86. The van der Waals surface area contributed by atoms with Crippen molar-refractivity contribution in [3.8, 4) is 0 Å². The van der Waals surface area contributed by atoms with Crippen molar-refractivity contribution in [3.05, 3.63) is 64.1 Å². The third-order valence-electron chi connectivity index (χ3n) is 4.20. The lowest BCUT2D eigenvalue weighted by Crippen LogP contribution is -2.32. The highest BCUT2D eigenvalue weighted by Crippen LogP contribution is 2.38. The van der Waals surface area contributed by atoms with E-state index < -0.39 is 0 Å². The normalized spacial score (nSPS) is 17.9. The zero-order valence-corrected chi connectivity index (χ0v) is 14.6. The first kappa shape index (κ1) is 15.1. The monoisotopic (exact) mass is 361 g/mol. The molecule has 2 atom stereocenters. The molecule has 0 heterocycles. The van der Waals surface area contributed by atoms with Gasteiger partial charge >= 0.3 is 0 Å². The highest BCUT2D eigenvalue weighted by molar-refractivity contribution is 9.10. The van der Waals surface area contributed by atoms with E-state index in [0.717, 1.165) is 16.1 Å². The molecule has 1 nitrogen and oxygen atoms in total. The number of thioether (sulfide) groups is 1. The van der Waals surface area contributed by atoms with Gasteiger partial charge in [0.2, 0.25) is 0 Å². The third-order valence-corrected chi connectivity index (χ3v) is 5.91. The molecule has 1 N–H and O–H groups in total. The largest absolute Gasteiger partial charge is 0.316 e. The molecule has 0 saturated heterocycles. The summed E-state index contributed by atoms with van der Waals surface area (Å²) < 4.78 is 1.14. The molecule has 0 bridgehead atoms. The maximum absolute atomic E-state index is 3.48. The fourth-order valence-corrected chi connectivity index (χ4v) is 4.20. The summed E-state index contributed by atoms with van der Waals surface area (Å²) in [6, 6.07) is 18.0. The van der Waals surface area contributed by atoms with Crippen LogP contribution in [0.4, 0.5) is 0 Å². The molecule has 21 heavy (non-hydrogen) atoms. The van der Waals surface area contributed by atoms with Gasteiger partial charge in [0.15, 0.2) is 0 Å². The van der Waals surface area contributed by atoms with Gasteiger partial charge < -0.3 is 5.32 Å². The van der Waals surface area contributed by atoms with E-state index in [1.165, 1.54) is 23.3 Å². The number of rotatable bonds is 6. The van der Waals surface area contributed by atoms with Crippen LogP contribution in [0.3, 0.4) is 0 Å². The van der Waals surface area contributed by atoms with E-state index in [4.69, 9.17) is 0 Å². The quantitative estimate of drug-likeness (QED) is 0.737. The van der Waals surface area contributed by atoms with E-state index in [-0.39, 0.29) is 0 Å². The van der Waals surface area contributed by atoms with Gasteiger partial charge in [0.05, 0.1) is 0 Å². The Labute approximate surface area is 139 Å². The molecule has 0 saturated carbocycles. The van der Waals surface area contributed by atoms with Crippen molar-refractivity contribution in [3.63, 3.8) is 0 Å². The van der Waals surface area contributed by atoms with Gasteiger partial charge in [-0.1, -0.05) is 40.2 Å². The lowest BCUT2D eigenvalue weighted by atomic mass is 9.74. The average molecular weight is 362 g/mol. The lowest BCUT2D eigenvalue weighted by Gasteiger charge is -2.33. The minimum Gasteiger partial charge on any atom is -0.316 e. The fourth-order valence-electron chi connectivity index (χ4n) is 2.91. The summed E-state index contributed by atoms with van der Waals surface area (Å²) in [5, 5.41) is 3.48. The van der Waals surface area contributed by atoms with Crippen LogP contribution in [0.2, 0.25) is 0 Å². The van der Waals surface area contributed by atoms with Crippen molar-refractivity contribution in [1.29, 1.82) is 0 Å². The Bertz CT molecular complexity index is 596. The molecule has 3 heteroatoms. The molecule has 110 valence electrons. The van der Waals surface area contributed by atoms with Gasteiger partial charge in [-0.3, -0.25) is 0 Å². The van der Waals surface area contributed by atoms with Crippen LogP contribution in [0.15, 0.2) is 57.9 Å². The molecule has 0 amide bonds. The van der Waals surface area contributed by atoms with E-state index in [0.29, 0.717) is 6.04 Å². The number of hydrogen-bond acceptors (Lipinski definition) is 2. The standard InChI is InChI=1S/C18H20BrNS/c1-20-16(12-21-17-8-6-15(19)7-9-17)11-14-10-13-4-2-3-5-18(13)14/h2-9,14,16,20H,10-12H2,1H3. The highest BCUT2D eigenvalue weighted by atomic mass is 79.9. The summed E-state index contributed by atoms with van der Waals surface area (Å²) in [5.41, 5.74) is 3.10. The maximum Gasteiger partial charge on any atom is 0.0176 e. The van der Waals surface area contributed by atoms with Crippen molar-refractivity contribution < 1.29 is 0 Å². The van der Waals surface area contributed by atoms with Crippen molar-refractivity contribution in [2.24, 2.45) is 0 Å². The van der Waals surface area contributed by atoms with Crippen LogP contribution >= 0.6 is 27.7 Å². The first-order chi connectivity index (χ1) is 10.3. The third kappa shape index (κ3) is 3.71. The van der Waals surface area contributed by atoms with E-state index in [2.05, 4.69) is 76.8 Å². The van der Waals surface area contributed by atoms with Crippen LogP contribution in [-0.2, 0) is 6.42 Å². The Hall–Kier alpha value is -0.770. The van der Waals surface area contributed by atoms with Crippen LogP contribution in [-0.4, -0.2) is 18.8 Å². The summed E-state index contributed by atoms with van der Waals surface area (Å²) in [6.45, 7) is 0. The Kier molecular flexibility index (Phi) is 5.04. The number of nitrogens with one attached hydrogen (secondary N) is 1. The van der Waals surface area contributed by atoms with Crippen molar-refractivity contribution in [1.82, 2.24) is 5.32 Å². The molecule has 1 aliphatic carbocycles. The fraction of sp³-hybridized carbons (Fsp3) is 0.333. The second kappa shape index (κ2) is 6.99. The van der Waals surface area contributed by atoms with E-state index >= 15 is 0 Å². The summed E-state index contributed by atoms with van der Waals surface area (Å²) in [7, 11) is 2.08. The van der Waals surface area contributed by atoms with Crippen molar-refractivity contribution in [2.45, 2.75) is 29.7 Å². The molecule has 0 fully saturated rings. The highest BCUT2D eigenvalue weighted by Gasteiger charge is 2.27. The average Bonchev–Trinajstić information content (AvgIpc) is 2.49. The van der Waals surface area contributed by atoms with Crippen molar-refractivity contribution >= 4 is 27.7 Å². The number of fused-ring (bicyclic) bond motifs is 1. The number of hydrogen-bond donors (Lipinski definition) is 1. The van der Waals surface area contributed by atoms with E-state index in [9.17, 15) is 0 Å². The number of halogens is 1. The van der Waals surface area contributed by atoms with E-state index in [1.807, 2.05) is 11.8 Å². The van der Waals surface area contributed by atoms with Gasteiger partial charge in [-0.05, 0) is 61.2 Å². The Morgan fingerprint density at radius 1 is 1.19 bits per heavy atom. The summed E-state index contributed by atoms with van der Waals surface area (Å²) in [4.78, 5) is 1.34. The molecule has 0 radical (unpaired) electrons. The second-order valence-electron chi connectivity index (χ2n) is 5.59. The first-order valence-electron chi connectivity index (χ1n) is 7.39. The molecular formula is C18H20BrNS. The predicted molar refractivity (Wildman–Crippen MR) is 95.2 cm³/mol. The Balaban J connectivity index is 1.53. The van der Waals surface area contributed by atoms with Crippen LogP contribution in [0, 0.1) is 0 Å². The summed E-state index contributed by atoms with van der Waals surface area (Å²) in [6.07, 6.45) is 2.48. The van der Waals surface area contributed by atoms with Crippen LogP contribution in [0.1, 0.15) is 23.5 Å². The maximum atomic E-state index is 3.48. The molecule has 2 aromatic rings. The zero-order chi connectivity index (χ0) is 14.7. The van der Waals surface area contributed by atoms with Gasteiger partial charge in [0.25, 0.3) is 0 Å². The Morgan fingerprint density at radius 2 is 1.95 bits per heavy atom. The molecule has 2 unspecified atom stereocenters. The molecule has 2 aromatic carbocycles. The van der Waals surface area contributed by atoms with Crippen molar-refractivity contribution in [2.75, 3.05) is 12.8 Å². The van der Waals surface area contributed by atoms with Gasteiger partial charge in [0.1, 0.15) is 0 Å². The zero-order valence-electron chi connectivity index (χ0n) is 12.2. The van der Waals surface area contributed by atoms with Gasteiger partial charge in [-0.25, -0.2) is 0 Å². The molecule has 0 aliphatic heterocycles. The van der Waals surface area contributed by atoms with Gasteiger partial charge in [-0.2, -0.15) is 0 Å².